The number of fused-ring (bicyclic) bond motifs is 1. The Morgan fingerprint density at radius 1 is 1.52 bits per heavy atom. The molecule has 2 N–H and O–H groups in total. The van der Waals surface area contributed by atoms with Gasteiger partial charge in [0.15, 0.2) is 5.17 Å². The molecule has 114 valence electrons. The molecular formula is C15H19FN2O2S. The highest BCUT2D eigenvalue weighted by molar-refractivity contribution is 8.13. The van der Waals surface area contributed by atoms with Gasteiger partial charge in [0.2, 0.25) is 0 Å². The highest BCUT2D eigenvalue weighted by Gasteiger charge is 2.49. The minimum Gasteiger partial charge on any atom is -0.382 e. The largest absolute Gasteiger partial charge is 0.382 e. The predicted molar refractivity (Wildman–Crippen MR) is 81.9 cm³/mol. The van der Waals surface area contributed by atoms with E-state index in [-0.39, 0.29) is 17.8 Å². The van der Waals surface area contributed by atoms with Crippen LogP contribution in [0.5, 0.6) is 0 Å². The molecule has 0 saturated carbocycles. The molecule has 1 fully saturated rings. The Bertz CT molecular complexity index is 554. The van der Waals surface area contributed by atoms with Gasteiger partial charge in [0.05, 0.1) is 19.3 Å². The zero-order valence-electron chi connectivity index (χ0n) is 11.9. The number of ether oxygens (including phenoxy) is 2. The quantitative estimate of drug-likeness (QED) is 0.929. The topological polar surface area (TPSA) is 56.8 Å². The summed E-state index contributed by atoms with van der Waals surface area (Å²) in [5.41, 5.74) is 5.79. The summed E-state index contributed by atoms with van der Waals surface area (Å²) in [6.45, 7) is 0.890. The molecular weight excluding hydrogens is 291 g/mol. The van der Waals surface area contributed by atoms with Gasteiger partial charge >= 0.3 is 0 Å². The minimum atomic E-state index is -0.703. The molecule has 0 unspecified atom stereocenters. The zero-order chi connectivity index (χ0) is 14.9. The maximum Gasteiger partial charge on any atom is 0.154 e. The molecule has 0 spiro atoms. The standard InChI is InChI=1S/C15H19FN2O2S/c1-19-7-11-6-10-8-21-14(17)18-15(10,9-20-11)12-4-2-3-5-13(12)16/h2-5,10-11H,6-9H2,1H3,(H2,17,18)/t10-,11+,15-/m0/s1. The van der Waals surface area contributed by atoms with Crippen molar-refractivity contribution in [2.24, 2.45) is 16.6 Å². The Kier molecular flexibility index (Phi) is 4.19. The number of nitrogens with zero attached hydrogens (tertiary/aromatic N) is 1. The summed E-state index contributed by atoms with van der Waals surface area (Å²) in [4.78, 5) is 4.61. The molecule has 3 rings (SSSR count). The average molecular weight is 310 g/mol. The van der Waals surface area contributed by atoms with Gasteiger partial charge in [-0.05, 0) is 12.5 Å². The molecule has 2 aliphatic rings. The van der Waals surface area contributed by atoms with E-state index in [1.807, 2.05) is 6.07 Å². The van der Waals surface area contributed by atoms with Crippen LogP contribution in [0.1, 0.15) is 12.0 Å². The van der Waals surface area contributed by atoms with Crippen molar-refractivity contribution in [1.29, 1.82) is 0 Å². The van der Waals surface area contributed by atoms with E-state index in [0.29, 0.717) is 23.9 Å². The van der Waals surface area contributed by atoms with Gasteiger partial charge in [-0.2, -0.15) is 0 Å². The first kappa shape index (κ1) is 14.8. The molecule has 2 aliphatic heterocycles. The first-order valence-electron chi connectivity index (χ1n) is 6.99. The Hall–Kier alpha value is -1.11. The fourth-order valence-corrected chi connectivity index (χ4v) is 4.17. The molecule has 1 saturated heterocycles. The van der Waals surface area contributed by atoms with Gasteiger partial charge in [0.25, 0.3) is 0 Å². The first-order chi connectivity index (χ1) is 10.2. The molecule has 0 radical (unpaired) electrons. The normalized spacial score (nSPS) is 32.4. The lowest BCUT2D eigenvalue weighted by Gasteiger charge is -2.46. The zero-order valence-corrected chi connectivity index (χ0v) is 12.7. The smallest absolute Gasteiger partial charge is 0.154 e. The third-order valence-corrected chi connectivity index (χ3v) is 5.15. The van der Waals surface area contributed by atoms with Gasteiger partial charge in [-0.3, -0.25) is 0 Å². The average Bonchev–Trinajstić information content (AvgIpc) is 2.48. The summed E-state index contributed by atoms with van der Waals surface area (Å²) in [5, 5.41) is 0.503. The Balaban J connectivity index is 1.99. The van der Waals surface area contributed by atoms with Crippen LogP contribution in [0.25, 0.3) is 0 Å². The number of rotatable bonds is 3. The molecule has 4 nitrogen and oxygen atoms in total. The number of hydrogen-bond acceptors (Lipinski definition) is 5. The van der Waals surface area contributed by atoms with Crippen LogP contribution in [0.2, 0.25) is 0 Å². The van der Waals surface area contributed by atoms with Crippen LogP contribution in [0, 0.1) is 11.7 Å². The molecule has 0 bridgehead atoms. The Morgan fingerprint density at radius 2 is 2.33 bits per heavy atom. The van der Waals surface area contributed by atoms with E-state index in [0.717, 1.165) is 12.2 Å². The number of methoxy groups -OCH3 is 1. The van der Waals surface area contributed by atoms with Crippen molar-refractivity contribution >= 4 is 16.9 Å². The van der Waals surface area contributed by atoms with Gasteiger partial charge in [-0.1, -0.05) is 30.0 Å². The van der Waals surface area contributed by atoms with E-state index < -0.39 is 5.54 Å². The van der Waals surface area contributed by atoms with Crippen LogP contribution in [-0.4, -0.2) is 37.3 Å². The van der Waals surface area contributed by atoms with E-state index in [2.05, 4.69) is 4.99 Å². The molecule has 0 aliphatic carbocycles. The number of aliphatic imine (C=N–C) groups is 1. The van der Waals surface area contributed by atoms with E-state index in [1.165, 1.54) is 17.8 Å². The van der Waals surface area contributed by atoms with Crippen molar-refractivity contribution in [1.82, 2.24) is 0 Å². The van der Waals surface area contributed by atoms with Crippen LogP contribution >= 0.6 is 11.8 Å². The number of nitrogens with two attached hydrogens (primary N) is 1. The number of halogens is 1. The van der Waals surface area contributed by atoms with Crippen molar-refractivity contribution < 1.29 is 13.9 Å². The molecule has 1 aromatic carbocycles. The van der Waals surface area contributed by atoms with Crippen molar-refractivity contribution in [2.45, 2.75) is 18.1 Å². The second kappa shape index (κ2) is 5.94. The van der Waals surface area contributed by atoms with Crippen LogP contribution in [0.15, 0.2) is 29.3 Å². The maximum atomic E-state index is 14.3. The van der Waals surface area contributed by atoms with Crippen LogP contribution < -0.4 is 5.73 Å². The summed E-state index contributed by atoms with van der Waals surface area (Å²) < 4.78 is 25.4. The predicted octanol–water partition coefficient (Wildman–Crippen LogP) is 2.13. The van der Waals surface area contributed by atoms with Crippen molar-refractivity contribution in [3.05, 3.63) is 35.6 Å². The lowest BCUT2D eigenvalue weighted by atomic mass is 9.75. The Morgan fingerprint density at radius 3 is 3.10 bits per heavy atom. The maximum absolute atomic E-state index is 14.3. The monoisotopic (exact) mass is 310 g/mol. The third kappa shape index (κ3) is 2.67. The second-order valence-electron chi connectivity index (χ2n) is 5.49. The highest BCUT2D eigenvalue weighted by Crippen LogP contribution is 2.46. The lowest BCUT2D eigenvalue weighted by molar-refractivity contribution is -0.0836. The van der Waals surface area contributed by atoms with E-state index >= 15 is 0 Å². The van der Waals surface area contributed by atoms with Gasteiger partial charge in [0.1, 0.15) is 11.4 Å². The van der Waals surface area contributed by atoms with Gasteiger partial charge in [-0.15, -0.1) is 0 Å². The summed E-state index contributed by atoms with van der Waals surface area (Å²) >= 11 is 1.53. The van der Waals surface area contributed by atoms with Gasteiger partial charge < -0.3 is 15.2 Å². The van der Waals surface area contributed by atoms with E-state index in [4.69, 9.17) is 15.2 Å². The molecule has 3 atom stereocenters. The van der Waals surface area contributed by atoms with Gasteiger partial charge in [-0.25, -0.2) is 9.38 Å². The SMILES string of the molecule is COC[C@H]1C[C@H]2CSC(N)=N[C@@]2(c2ccccc2F)CO1. The van der Waals surface area contributed by atoms with Crippen molar-refractivity contribution in [3.8, 4) is 0 Å². The van der Waals surface area contributed by atoms with Crippen molar-refractivity contribution in [2.75, 3.05) is 26.1 Å². The van der Waals surface area contributed by atoms with Crippen LogP contribution in [0.4, 0.5) is 4.39 Å². The molecule has 6 heteroatoms. The Labute approximate surface area is 127 Å². The molecule has 0 amide bonds. The summed E-state index contributed by atoms with van der Waals surface area (Å²) in [6.07, 6.45) is 0.835. The number of thioether (sulfide) groups is 1. The van der Waals surface area contributed by atoms with Crippen molar-refractivity contribution in [3.63, 3.8) is 0 Å². The highest BCUT2D eigenvalue weighted by atomic mass is 32.2. The lowest BCUT2D eigenvalue weighted by Crippen LogP contribution is -2.51. The fraction of sp³-hybridized carbons (Fsp3) is 0.533. The number of benzene rings is 1. The van der Waals surface area contributed by atoms with E-state index in [9.17, 15) is 4.39 Å². The third-order valence-electron chi connectivity index (χ3n) is 4.20. The van der Waals surface area contributed by atoms with Crippen LogP contribution in [-0.2, 0) is 15.0 Å². The summed E-state index contributed by atoms with van der Waals surface area (Å²) in [6, 6.07) is 6.77. The van der Waals surface area contributed by atoms with Crippen LogP contribution in [0.3, 0.4) is 0 Å². The summed E-state index contributed by atoms with van der Waals surface area (Å²) in [7, 11) is 1.66. The number of amidine groups is 1. The second-order valence-corrected chi connectivity index (χ2v) is 6.53. The minimum absolute atomic E-state index is 0.0371. The molecule has 0 aromatic heterocycles. The molecule has 2 heterocycles. The number of hydrogen-bond donors (Lipinski definition) is 1. The fourth-order valence-electron chi connectivity index (χ4n) is 3.16. The van der Waals surface area contributed by atoms with E-state index in [1.54, 1.807) is 19.2 Å². The van der Waals surface area contributed by atoms with Gasteiger partial charge in [0, 0.05) is 24.3 Å². The molecule has 21 heavy (non-hydrogen) atoms. The first-order valence-corrected chi connectivity index (χ1v) is 7.98. The summed E-state index contributed by atoms with van der Waals surface area (Å²) in [5.74, 6) is 0.771. The molecule has 1 aromatic rings.